The lowest BCUT2D eigenvalue weighted by molar-refractivity contribution is -0.138. The van der Waals surface area contributed by atoms with Gasteiger partial charge in [-0.2, -0.15) is 18.3 Å². The first-order valence-corrected chi connectivity index (χ1v) is 13.8. The summed E-state index contributed by atoms with van der Waals surface area (Å²) in [6.45, 7) is 5.36. The van der Waals surface area contributed by atoms with Crippen molar-refractivity contribution < 1.29 is 22.6 Å². The van der Waals surface area contributed by atoms with Crippen molar-refractivity contribution in [3.8, 4) is 5.75 Å². The lowest BCUT2D eigenvalue weighted by Crippen LogP contribution is -2.34. The third-order valence-corrected chi connectivity index (χ3v) is 7.15. The molecule has 0 spiro atoms. The monoisotopic (exact) mass is 598 g/mol. The number of methoxy groups -OCH3 is 1. The Bertz CT molecular complexity index is 1570. The molecule has 1 saturated heterocycles. The van der Waals surface area contributed by atoms with Crippen molar-refractivity contribution in [1.82, 2.24) is 29.8 Å². The van der Waals surface area contributed by atoms with Gasteiger partial charge in [-0.15, -0.1) is 5.10 Å². The molecule has 5 rings (SSSR count). The Kier molecular flexibility index (Phi) is 8.94. The second-order valence-electron chi connectivity index (χ2n) is 10.6. The average Bonchev–Trinajstić information content (AvgIpc) is 3.65. The molecule has 0 aliphatic carbocycles. The summed E-state index contributed by atoms with van der Waals surface area (Å²) >= 11 is 0. The summed E-state index contributed by atoms with van der Waals surface area (Å²) in [7, 11) is 1.51. The van der Waals surface area contributed by atoms with E-state index in [1.807, 2.05) is 36.1 Å². The highest BCUT2D eigenvalue weighted by Gasteiger charge is 2.38. The van der Waals surface area contributed by atoms with E-state index in [0.717, 1.165) is 41.8 Å². The Morgan fingerprint density at radius 2 is 1.93 bits per heavy atom. The number of ether oxygens (including phenoxy) is 2. The van der Waals surface area contributed by atoms with Crippen LogP contribution in [0.1, 0.15) is 41.8 Å². The van der Waals surface area contributed by atoms with Crippen LogP contribution in [0.25, 0.3) is 0 Å². The number of aromatic nitrogens is 6. The van der Waals surface area contributed by atoms with E-state index < -0.39 is 29.0 Å². The van der Waals surface area contributed by atoms with E-state index in [9.17, 15) is 18.0 Å². The van der Waals surface area contributed by atoms with E-state index in [1.54, 1.807) is 31.2 Å². The fraction of sp³-hybridized carbons (Fsp3) is 0.414. The molecule has 1 N–H and O–H groups in total. The van der Waals surface area contributed by atoms with Crippen molar-refractivity contribution >= 4 is 11.5 Å². The molecule has 4 heterocycles. The molecule has 0 bridgehead atoms. The maximum atomic E-state index is 14.0. The number of hydrogen-bond acceptors (Lipinski definition) is 9. The third kappa shape index (κ3) is 7.31. The van der Waals surface area contributed by atoms with Gasteiger partial charge >= 0.3 is 6.18 Å². The Hall–Kier alpha value is -4.46. The van der Waals surface area contributed by atoms with Crippen molar-refractivity contribution in [3.63, 3.8) is 0 Å². The van der Waals surface area contributed by atoms with E-state index in [0.29, 0.717) is 17.0 Å². The maximum absolute atomic E-state index is 14.0. The molecule has 1 aromatic carbocycles. The van der Waals surface area contributed by atoms with Gasteiger partial charge in [0.2, 0.25) is 0 Å². The van der Waals surface area contributed by atoms with Gasteiger partial charge in [0.25, 0.3) is 5.56 Å². The first-order valence-electron chi connectivity index (χ1n) is 13.8. The number of hydrogen-bond donors (Lipinski definition) is 1. The molecule has 14 heteroatoms. The zero-order valence-electron chi connectivity index (χ0n) is 24.1. The highest BCUT2D eigenvalue weighted by Crippen LogP contribution is 2.32. The van der Waals surface area contributed by atoms with Crippen LogP contribution < -0.4 is 20.5 Å². The summed E-state index contributed by atoms with van der Waals surface area (Å²) in [5, 5.41) is 15.2. The molecule has 0 saturated carbocycles. The van der Waals surface area contributed by atoms with E-state index in [2.05, 4.69) is 30.6 Å². The third-order valence-electron chi connectivity index (χ3n) is 7.15. The minimum absolute atomic E-state index is 0.0649. The molecule has 3 aromatic heterocycles. The van der Waals surface area contributed by atoms with Gasteiger partial charge in [-0.05, 0) is 49.6 Å². The predicted octanol–water partition coefficient (Wildman–Crippen LogP) is 4.08. The number of nitrogens with one attached hydrogen (secondary N) is 1. The van der Waals surface area contributed by atoms with Crippen molar-refractivity contribution in [3.05, 3.63) is 87.7 Å². The molecule has 4 aromatic rings. The quantitative estimate of drug-likeness (QED) is 0.273. The predicted molar refractivity (Wildman–Crippen MR) is 153 cm³/mol. The molecule has 2 unspecified atom stereocenters. The smallest absolute Gasteiger partial charge is 0.423 e. The fourth-order valence-electron chi connectivity index (χ4n) is 4.91. The molecule has 2 atom stereocenters. The molecular weight excluding hydrogens is 565 g/mol. The molecule has 228 valence electrons. The molecule has 43 heavy (non-hydrogen) atoms. The van der Waals surface area contributed by atoms with E-state index in [-0.39, 0.29) is 25.8 Å². The SMILES string of the molecule is COc1ccc(Cn2ncc(NC(C)COCc3cn(C4CCN(c5ccc(C)cn5)C4)nn3)c(C(F)(F)F)c2=O)cc1. The number of rotatable bonds is 11. The number of benzene rings is 1. The van der Waals surface area contributed by atoms with Crippen molar-refractivity contribution in [2.75, 3.05) is 37.0 Å². The van der Waals surface area contributed by atoms with Crippen LogP contribution in [0.5, 0.6) is 5.75 Å². The standard InChI is InChI=1S/C29H33F3N8O3/c1-19-4-9-26(33-12-19)38-11-10-23(16-38)39-15-22(36-37-39)18-43-17-20(2)35-25-13-34-40(28(41)27(25)29(30,31)32)14-21-5-7-24(42-3)8-6-21/h4-9,12-13,15,20,23,35H,10-11,14,16-18H2,1-3H3. The van der Waals surface area contributed by atoms with Crippen LogP contribution >= 0.6 is 0 Å². The summed E-state index contributed by atoms with van der Waals surface area (Å²) in [4.78, 5) is 19.5. The van der Waals surface area contributed by atoms with Crippen LogP contribution in [-0.2, 0) is 24.1 Å². The van der Waals surface area contributed by atoms with Gasteiger partial charge < -0.3 is 19.7 Å². The Balaban J connectivity index is 1.16. The number of nitrogens with zero attached hydrogens (tertiary/aromatic N) is 7. The van der Waals surface area contributed by atoms with Crippen LogP contribution in [0.4, 0.5) is 24.7 Å². The number of alkyl halides is 3. The Morgan fingerprint density at radius 3 is 2.63 bits per heavy atom. The molecule has 0 radical (unpaired) electrons. The number of halogens is 3. The van der Waals surface area contributed by atoms with Gasteiger partial charge in [0.1, 0.15) is 22.8 Å². The normalized spacial score (nSPS) is 16.0. The van der Waals surface area contributed by atoms with Crippen LogP contribution in [0.3, 0.4) is 0 Å². The first kappa shape index (κ1) is 30.0. The Labute approximate surface area is 246 Å². The maximum Gasteiger partial charge on any atom is 0.423 e. The topological polar surface area (TPSA) is 112 Å². The molecule has 11 nitrogen and oxygen atoms in total. The molecule has 1 fully saturated rings. The Morgan fingerprint density at radius 1 is 1.14 bits per heavy atom. The second kappa shape index (κ2) is 12.8. The highest BCUT2D eigenvalue weighted by molar-refractivity contribution is 5.50. The largest absolute Gasteiger partial charge is 0.497 e. The van der Waals surface area contributed by atoms with Gasteiger partial charge in [-0.3, -0.25) is 4.79 Å². The lowest BCUT2D eigenvalue weighted by atomic mass is 10.2. The van der Waals surface area contributed by atoms with E-state index in [4.69, 9.17) is 9.47 Å². The van der Waals surface area contributed by atoms with Crippen molar-refractivity contribution in [2.45, 2.75) is 51.7 Å². The van der Waals surface area contributed by atoms with Gasteiger partial charge in [0.15, 0.2) is 0 Å². The lowest BCUT2D eigenvalue weighted by Gasteiger charge is -2.19. The van der Waals surface area contributed by atoms with Gasteiger partial charge in [-0.1, -0.05) is 23.4 Å². The number of anilines is 2. The summed E-state index contributed by atoms with van der Waals surface area (Å²) in [5.74, 6) is 1.52. The minimum atomic E-state index is -4.88. The van der Waals surface area contributed by atoms with Crippen molar-refractivity contribution in [1.29, 1.82) is 0 Å². The van der Waals surface area contributed by atoms with Crippen LogP contribution in [0.2, 0.25) is 0 Å². The summed E-state index contributed by atoms with van der Waals surface area (Å²) in [6, 6.07) is 10.3. The fourth-order valence-corrected chi connectivity index (χ4v) is 4.91. The average molecular weight is 599 g/mol. The van der Waals surface area contributed by atoms with Gasteiger partial charge in [0.05, 0.1) is 51.0 Å². The molecular formula is C29H33F3N8O3. The molecule has 0 amide bonds. The number of aryl methyl sites for hydroxylation is 1. The summed E-state index contributed by atoms with van der Waals surface area (Å²) in [6.07, 6.45) is 0.709. The zero-order valence-corrected chi connectivity index (χ0v) is 24.1. The van der Waals surface area contributed by atoms with Crippen LogP contribution in [0.15, 0.2) is 59.8 Å². The van der Waals surface area contributed by atoms with Crippen LogP contribution in [-0.4, -0.2) is 62.6 Å². The van der Waals surface area contributed by atoms with Crippen molar-refractivity contribution in [2.24, 2.45) is 0 Å². The summed E-state index contributed by atoms with van der Waals surface area (Å²) in [5.41, 5.74) is -0.622. The highest BCUT2D eigenvalue weighted by atomic mass is 19.4. The molecule has 1 aliphatic heterocycles. The zero-order chi connectivity index (χ0) is 30.6. The first-order chi connectivity index (χ1) is 20.6. The molecule has 1 aliphatic rings. The number of pyridine rings is 1. The van der Waals surface area contributed by atoms with Crippen LogP contribution in [0, 0.1) is 6.92 Å². The van der Waals surface area contributed by atoms with E-state index in [1.165, 1.54) is 7.11 Å². The van der Waals surface area contributed by atoms with E-state index >= 15 is 0 Å². The van der Waals surface area contributed by atoms with Gasteiger partial charge in [0, 0.05) is 25.3 Å². The minimum Gasteiger partial charge on any atom is -0.497 e. The second-order valence-corrected chi connectivity index (χ2v) is 10.6. The van der Waals surface area contributed by atoms with Gasteiger partial charge in [-0.25, -0.2) is 14.3 Å². The summed E-state index contributed by atoms with van der Waals surface area (Å²) < 4.78 is 55.3.